The third-order valence-corrected chi connectivity index (χ3v) is 13.3. The summed E-state index contributed by atoms with van der Waals surface area (Å²) < 4.78 is 27.7. The quantitative estimate of drug-likeness (QED) is 0.169. The minimum absolute atomic E-state index is 0.174. The van der Waals surface area contributed by atoms with Crippen LogP contribution in [0.25, 0.3) is 0 Å². The van der Waals surface area contributed by atoms with Crippen molar-refractivity contribution in [3.8, 4) is 0 Å². The van der Waals surface area contributed by atoms with E-state index in [1.54, 1.807) is 6.92 Å². The molecular weight excluding hydrogens is 719 g/mol. The summed E-state index contributed by atoms with van der Waals surface area (Å²) >= 11 is 20.6. The zero-order valence-electron chi connectivity index (χ0n) is 13.5. The first-order valence-electron chi connectivity index (χ1n) is 6.63. The van der Waals surface area contributed by atoms with E-state index in [1.165, 1.54) is 0 Å². The van der Waals surface area contributed by atoms with Crippen LogP contribution in [-0.2, 0) is 18.1 Å². The number of phosphoric acid groups is 1. The fraction of sp³-hybridized carbons (Fsp3) is 1.00. The molecule has 0 radical (unpaired) electrons. The first-order valence-corrected chi connectivity index (χ1v) is 13.5. The Morgan fingerprint density at radius 1 is 0.826 bits per heavy atom. The number of hydrogen-bond acceptors (Lipinski definition) is 4. The molecule has 4 nitrogen and oxygen atoms in total. The van der Waals surface area contributed by atoms with Crippen LogP contribution in [0.2, 0.25) is 0 Å². The number of rotatable bonds is 10. The molecule has 0 aromatic carbocycles. The van der Waals surface area contributed by atoms with E-state index in [0.29, 0.717) is 10.7 Å². The van der Waals surface area contributed by atoms with E-state index >= 15 is 0 Å². The first-order chi connectivity index (χ1) is 10.1. The van der Waals surface area contributed by atoms with Gasteiger partial charge < -0.3 is 0 Å². The molecule has 0 aliphatic heterocycles. The molecule has 0 saturated carbocycles. The maximum Gasteiger partial charge on any atom is 0.479 e. The van der Waals surface area contributed by atoms with Gasteiger partial charge in [-0.05, 0) is 70.6 Å². The third-order valence-electron chi connectivity index (χ3n) is 2.98. The van der Waals surface area contributed by atoms with Gasteiger partial charge in [0, 0.05) is 21.5 Å². The molecule has 0 aliphatic rings. The Morgan fingerprint density at radius 2 is 1.13 bits per heavy atom. The summed E-state index contributed by atoms with van der Waals surface area (Å²) in [5.74, 6) is 0. The molecule has 140 valence electrons. The van der Waals surface area contributed by atoms with Crippen molar-refractivity contribution in [1.29, 1.82) is 0 Å². The van der Waals surface area contributed by atoms with Gasteiger partial charge in [0.2, 0.25) is 0 Å². The normalized spacial score (nSPS) is 15.1. The van der Waals surface area contributed by atoms with Gasteiger partial charge in [-0.2, -0.15) is 0 Å². The molecule has 0 unspecified atom stereocenters. The van der Waals surface area contributed by atoms with Crippen molar-refractivity contribution in [2.24, 2.45) is 10.8 Å². The average molecular weight is 740 g/mol. The van der Waals surface area contributed by atoms with Crippen molar-refractivity contribution in [1.82, 2.24) is 0 Å². The first kappa shape index (κ1) is 26.0. The summed E-state index contributed by atoms with van der Waals surface area (Å²) in [6.45, 7) is 9.61. The van der Waals surface area contributed by atoms with Gasteiger partial charge in [-0.15, -0.1) is 0 Å². The molecule has 0 amide bonds. The van der Waals surface area contributed by atoms with E-state index in [1.807, 2.05) is 27.7 Å². The van der Waals surface area contributed by atoms with Gasteiger partial charge >= 0.3 is 7.82 Å². The summed E-state index contributed by atoms with van der Waals surface area (Å²) in [5, 5.41) is 1.17. The van der Waals surface area contributed by atoms with Gasteiger partial charge in [-0.3, -0.25) is 13.6 Å². The Labute approximate surface area is 189 Å². The predicted octanol–water partition coefficient (Wildman–Crippen LogP) is 7.89. The second kappa shape index (κ2) is 9.46. The second-order valence-corrected chi connectivity index (χ2v) is 15.4. The van der Waals surface area contributed by atoms with Crippen molar-refractivity contribution in [2.45, 2.75) is 41.5 Å². The molecule has 0 spiro atoms. The number of alkyl halides is 6. The molecule has 11 heteroatoms. The van der Waals surface area contributed by atoms with Gasteiger partial charge in [-0.25, -0.2) is 4.57 Å². The summed E-state index contributed by atoms with van der Waals surface area (Å²) in [4.78, 5) is 0. The van der Waals surface area contributed by atoms with Gasteiger partial charge in [0.1, 0.15) is 0 Å². The Morgan fingerprint density at radius 3 is 1.35 bits per heavy atom. The van der Waals surface area contributed by atoms with E-state index in [4.69, 9.17) is 13.6 Å². The highest BCUT2D eigenvalue weighted by molar-refractivity contribution is 9.25. The Balaban J connectivity index is 5.58. The van der Waals surface area contributed by atoms with E-state index in [0.717, 1.165) is 0 Å². The molecule has 0 aromatic heterocycles. The van der Waals surface area contributed by atoms with Crippen molar-refractivity contribution in [2.75, 3.05) is 17.3 Å². The van der Waals surface area contributed by atoms with Crippen LogP contribution in [0.1, 0.15) is 34.6 Å². The zero-order valence-corrected chi connectivity index (χ0v) is 23.9. The van der Waals surface area contributed by atoms with Crippen LogP contribution >= 0.6 is 103 Å². The van der Waals surface area contributed by atoms with E-state index in [9.17, 15) is 4.57 Å². The van der Waals surface area contributed by atoms with E-state index in [2.05, 4.69) is 95.6 Å². The lowest BCUT2D eigenvalue weighted by atomic mass is 9.98. The van der Waals surface area contributed by atoms with Crippen LogP contribution in [0.15, 0.2) is 0 Å². The second-order valence-electron chi connectivity index (χ2n) is 6.12. The Bertz CT molecular complexity index is 407. The van der Waals surface area contributed by atoms with Gasteiger partial charge in [-0.1, -0.05) is 59.6 Å². The van der Waals surface area contributed by atoms with Crippen molar-refractivity contribution in [3.05, 3.63) is 0 Å². The van der Waals surface area contributed by atoms with Gasteiger partial charge in [0.25, 0.3) is 0 Å². The Hall–Kier alpha value is 2.99. The van der Waals surface area contributed by atoms with Crippen LogP contribution < -0.4 is 0 Å². The van der Waals surface area contributed by atoms with Gasteiger partial charge in [0.05, 0.1) is 6.61 Å². The molecule has 0 fully saturated rings. The lowest BCUT2D eigenvalue weighted by Crippen LogP contribution is -2.40. The van der Waals surface area contributed by atoms with Crippen molar-refractivity contribution >= 4 is 103 Å². The van der Waals surface area contributed by atoms with E-state index < -0.39 is 25.5 Å². The Kier molecular flexibility index (Phi) is 10.7. The number of hydrogen-bond donors (Lipinski definition) is 0. The zero-order chi connectivity index (χ0) is 18.7. The molecule has 0 bridgehead atoms. The summed E-state index contributed by atoms with van der Waals surface area (Å²) in [7, 11) is -3.91. The van der Waals surface area contributed by atoms with Crippen LogP contribution in [-0.4, -0.2) is 24.1 Å². The highest BCUT2D eigenvalue weighted by Crippen LogP contribution is 2.65. The van der Waals surface area contributed by atoms with Gasteiger partial charge in [0.15, 0.2) is 6.84 Å². The van der Waals surface area contributed by atoms with Crippen molar-refractivity contribution in [3.63, 3.8) is 0 Å². The molecule has 0 N–H and O–H groups in total. The SMILES string of the molecule is CCOP(=O)(OC(Br)(Br)C(C)(C)CBr)OC(Br)(Br)C(C)(C)CBr. The average Bonchev–Trinajstić information content (AvgIpc) is 2.36. The maximum absolute atomic E-state index is 13.2. The third kappa shape index (κ3) is 7.15. The lowest BCUT2D eigenvalue weighted by molar-refractivity contribution is 0.0345. The maximum atomic E-state index is 13.2. The summed E-state index contributed by atoms with van der Waals surface area (Å²) in [6.07, 6.45) is 0. The van der Waals surface area contributed by atoms with Crippen LogP contribution in [0, 0.1) is 10.8 Å². The molecular formula is C12H21Br6O4P. The summed E-state index contributed by atoms with van der Waals surface area (Å²) in [5.41, 5.74) is -0.898. The van der Waals surface area contributed by atoms with Crippen LogP contribution in [0.5, 0.6) is 0 Å². The minimum atomic E-state index is -3.91. The molecule has 0 aromatic rings. The molecule has 23 heavy (non-hydrogen) atoms. The minimum Gasteiger partial charge on any atom is -0.287 e. The molecule has 0 saturated heterocycles. The van der Waals surface area contributed by atoms with Crippen molar-refractivity contribution < 1.29 is 18.1 Å². The highest BCUT2D eigenvalue weighted by Gasteiger charge is 2.53. The molecule has 0 rings (SSSR count). The monoisotopic (exact) mass is 734 g/mol. The number of phosphoric ester groups is 1. The predicted molar refractivity (Wildman–Crippen MR) is 118 cm³/mol. The topological polar surface area (TPSA) is 44.8 Å². The fourth-order valence-electron chi connectivity index (χ4n) is 0.913. The lowest BCUT2D eigenvalue weighted by Gasteiger charge is -2.41. The largest absolute Gasteiger partial charge is 0.479 e. The number of halogens is 6. The molecule has 0 atom stereocenters. The van der Waals surface area contributed by atoms with E-state index in [-0.39, 0.29) is 6.61 Å². The molecule has 0 aliphatic carbocycles. The molecule has 0 heterocycles. The van der Waals surface area contributed by atoms with Crippen LogP contribution in [0.3, 0.4) is 0 Å². The van der Waals surface area contributed by atoms with Crippen LogP contribution in [0.4, 0.5) is 0 Å². The summed E-state index contributed by atoms with van der Waals surface area (Å²) in [6, 6.07) is 0. The highest BCUT2D eigenvalue weighted by atomic mass is 79.9. The fourth-order valence-corrected chi connectivity index (χ4v) is 7.41. The smallest absolute Gasteiger partial charge is 0.287 e. The standard InChI is InChI=1S/C12H21Br6O4P/c1-6-20-23(19,21-11(15,16)9(2,3)7-13)22-12(17,18)10(4,5)8-14/h6-8H2,1-5H3.